The molecule has 0 radical (unpaired) electrons. The van der Waals surface area contributed by atoms with Gasteiger partial charge in [-0.1, -0.05) is 52.2 Å². The Bertz CT molecular complexity index is 615. The minimum absolute atomic E-state index is 0.118. The number of benzene rings is 1. The van der Waals surface area contributed by atoms with E-state index in [1.54, 1.807) is 0 Å². The molecule has 1 unspecified atom stereocenters. The van der Waals surface area contributed by atoms with Gasteiger partial charge < -0.3 is 10.0 Å². The highest BCUT2D eigenvalue weighted by Crippen LogP contribution is 2.34. The number of carboxylic acids is 1. The van der Waals surface area contributed by atoms with E-state index < -0.39 is 17.3 Å². The van der Waals surface area contributed by atoms with E-state index in [4.69, 9.17) is 11.6 Å². The van der Waals surface area contributed by atoms with E-state index in [0.29, 0.717) is 11.6 Å². The van der Waals surface area contributed by atoms with Gasteiger partial charge in [0.15, 0.2) is 0 Å². The molecule has 1 fully saturated rings. The average Bonchev–Trinajstić information content (AvgIpc) is 2.61. The highest BCUT2D eigenvalue weighted by atomic mass is 35.5. The van der Waals surface area contributed by atoms with Crippen LogP contribution >= 0.6 is 11.6 Å². The second kappa shape index (κ2) is 8.90. The quantitative estimate of drug-likeness (QED) is 0.703. The van der Waals surface area contributed by atoms with Gasteiger partial charge in [-0.25, -0.2) is 0 Å². The first kappa shape index (κ1) is 20.8. The van der Waals surface area contributed by atoms with Gasteiger partial charge in [-0.2, -0.15) is 0 Å². The molecule has 144 valence electrons. The van der Waals surface area contributed by atoms with E-state index in [0.717, 1.165) is 0 Å². The maximum atomic E-state index is 12.4. The summed E-state index contributed by atoms with van der Waals surface area (Å²) in [6.45, 7) is 5.75. The number of alkyl halides is 1. The molecule has 0 saturated heterocycles. The topological polar surface area (TPSA) is 57.6 Å². The van der Waals surface area contributed by atoms with E-state index in [1.807, 2.05) is 32.9 Å². The summed E-state index contributed by atoms with van der Waals surface area (Å²) in [4.78, 5) is 25.6. The van der Waals surface area contributed by atoms with Crippen molar-refractivity contribution < 1.29 is 14.7 Å². The zero-order valence-corrected chi connectivity index (χ0v) is 16.8. The van der Waals surface area contributed by atoms with Gasteiger partial charge >= 0.3 is 5.97 Å². The Labute approximate surface area is 161 Å². The van der Waals surface area contributed by atoms with E-state index in [2.05, 4.69) is 12.1 Å². The summed E-state index contributed by atoms with van der Waals surface area (Å²) in [5.41, 5.74) is 1.56. The van der Waals surface area contributed by atoms with Crippen LogP contribution in [0.25, 0.3) is 0 Å². The molecule has 1 aromatic carbocycles. The maximum Gasteiger partial charge on any atom is 0.308 e. The fourth-order valence-corrected chi connectivity index (χ4v) is 3.83. The monoisotopic (exact) mass is 379 g/mol. The second-order valence-electron chi connectivity index (χ2n) is 8.32. The van der Waals surface area contributed by atoms with Crippen molar-refractivity contribution in [2.75, 3.05) is 17.3 Å². The van der Waals surface area contributed by atoms with Crippen molar-refractivity contribution in [2.24, 2.45) is 11.3 Å². The Hall–Kier alpha value is -1.55. The van der Waals surface area contributed by atoms with Crippen LogP contribution in [0.3, 0.4) is 0 Å². The van der Waals surface area contributed by atoms with Gasteiger partial charge in [-0.05, 0) is 41.9 Å². The summed E-state index contributed by atoms with van der Waals surface area (Å²) < 4.78 is 0. The number of nitrogens with zero attached hydrogens (tertiary/aromatic N) is 1. The zero-order chi connectivity index (χ0) is 19.3. The molecular formula is C21H30ClNO3. The van der Waals surface area contributed by atoms with Crippen molar-refractivity contribution in [1.29, 1.82) is 0 Å². The molecule has 1 amide bonds. The SMILES string of the molecule is CC(C)(C)C(CN(C(=O)CCl)c1ccc(C2CCCCC2)cc1)C(=O)O. The van der Waals surface area contributed by atoms with E-state index in [-0.39, 0.29) is 18.3 Å². The lowest BCUT2D eigenvalue weighted by Crippen LogP contribution is -2.43. The number of hydrogen-bond donors (Lipinski definition) is 1. The maximum absolute atomic E-state index is 12.4. The molecule has 1 aliphatic rings. The summed E-state index contributed by atoms with van der Waals surface area (Å²) in [5.74, 6) is -1.42. The predicted molar refractivity (Wildman–Crippen MR) is 106 cm³/mol. The second-order valence-corrected chi connectivity index (χ2v) is 8.59. The van der Waals surface area contributed by atoms with Crippen LogP contribution in [0.5, 0.6) is 0 Å². The third-order valence-electron chi connectivity index (χ3n) is 5.41. The normalized spacial score (nSPS) is 16.9. The van der Waals surface area contributed by atoms with Crippen LogP contribution < -0.4 is 4.90 Å². The number of carboxylic acid groups (broad SMARTS) is 1. The fourth-order valence-electron chi connectivity index (χ4n) is 3.69. The van der Waals surface area contributed by atoms with Gasteiger partial charge in [-0.3, -0.25) is 9.59 Å². The zero-order valence-electron chi connectivity index (χ0n) is 16.0. The number of carbonyl (C=O) groups is 2. The van der Waals surface area contributed by atoms with E-state index in [9.17, 15) is 14.7 Å². The van der Waals surface area contributed by atoms with Crippen LogP contribution in [-0.2, 0) is 9.59 Å². The van der Waals surface area contributed by atoms with Crippen LogP contribution in [0.4, 0.5) is 5.69 Å². The first-order valence-electron chi connectivity index (χ1n) is 9.43. The Morgan fingerprint density at radius 2 is 1.73 bits per heavy atom. The number of hydrogen-bond acceptors (Lipinski definition) is 2. The summed E-state index contributed by atoms with van der Waals surface area (Å²) in [6.07, 6.45) is 6.30. The van der Waals surface area contributed by atoms with Crippen molar-refractivity contribution in [3.63, 3.8) is 0 Å². The minimum atomic E-state index is -0.899. The number of carbonyl (C=O) groups excluding carboxylic acids is 1. The van der Waals surface area contributed by atoms with Crippen molar-refractivity contribution >= 4 is 29.2 Å². The lowest BCUT2D eigenvalue weighted by Gasteiger charge is -2.32. The number of rotatable bonds is 6. The molecule has 0 aromatic heterocycles. The van der Waals surface area contributed by atoms with Crippen molar-refractivity contribution in [2.45, 2.75) is 58.8 Å². The van der Waals surface area contributed by atoms with Gasteiger partial charge in [0.2, 0.25) is 5.91 Å². The molecule has 26 heavy (non-hydrogen) atoms. The number of amides is 1. The summed E-state index contributed by atoms with van der Waals surface area (Å²) in [6, 6.07) is 8.01. The Morgan fingerprint density at radius 3 is 2.19 bits per heavy atom. The molecule has 5 heteroatoms. The number of halogens is 1. The summed E-state index contributed by atoms with van der Waals surface area (Å²) >= 11 is 5.79. The van der Waals surface area contributed by atoms with Crippen molar-refractivity contribution in [1.82, 2.24) is 0 Å². The summed E-state index contributed by atoms with van der Waals surface area (Å²) in [5, 5.41) is 9.60. The van der Waals surface area contributed by atoms with E-state index >= 15 is 0 Å². The Balaban J connectivity index is 2.23. The highest BCUT2D eigenvalue weighted by molar-refractivity contribution is 6.29. The molecule has 0 heterocycles. The highest BCUT2D eigenvalue weighted by Gasteiger charge is 2.34. The average molecular weight is 380 g/mol. The molecule has 1 N–H and O–H groups in total. The first-order chi connectivity index (χ1) is 12.2. The summed E-state index contributed by atoms with van der Waals surface area (Å²) in [7, 11) is 0. The molecule has 1 saturated carbocycles. The molecule has 1 aliphatic carbocycles. The Morgan fingerprint density at radius 1 is 1.15 bits per heavy atom. The van der Waals surface area contributed by atoms with Crippen LogP contribution in [0, 0.1) is 11.3 Å². The Kier molecular flexibility index (Phi) is 7.10. The largest absolute Gasteiger partial charge is 0.481 e. The fraction of sp³-hybridized carbons (Fsp3) is 0.619. The van der Waals surface area contributed by atoms with Crippen LogP contribution in [0.1, 0.15) is 64.4 Å². The van der Waals surface area contributed by atoms with Crippen LogP contribution in [0.2, 0.25) is 0 Å². The third-order valence-corrected chi connectivity index (χ3v) is 5.63. The molecule has 0 aliphatic heterocycles. The molecule has 2 rings (SSSR count). The van der Waals surface area contributed by atoms with Crippen molar-refractivity contribution in [3.05, 3.63) is 29.8 Å². The van der Waals surface area contributed by atoms with Gasteiger partial charge in [0, 0.05) is 12.2 Å². The molecule has 4 nitrogen and oxygen atoms in total. The number of anilines is 1. The standard InChI is InChI=1S/C21H30ClNO3/c1-21(2,3)18(20(25)26)14-23(19(24)13-22)17-11-9-16(10-12-17)15-7-5-4-6-8-15/h9-12,15,18H,4-8,13-14H2,1-3H3,(H,25,26). The van der Waals surface area contributed by atoms with Crippen LogP contribution in [-0.4, -0.2) is 29.4 Å². The lowest BCUT2D eigenvalue weighted by atomic mass is 9.80. The lowest BCUT2D eigenvalue weighted by molar-refractivity contribution is -0.145. The predicted octanol–water partition coefficient (Wildman–Crippen LogP) is 5.05. The smallest absolute Gasteiger partial charge is 0.308 e. The van der Waals surface area contributed by atoms with E-state index in [1.165, 1.54) is 42.6 Å². The first-order valence-corrected chi connectivity index (χ1v) is 9.96. The number of aliphatic carboxylic acids is 1. The molecule has 1 atom stereocenters. The molecule has 0 bridgehead atoms. The minimum Gasteiger partial charge on any atom is -0.481 e. The van der Waals surface area contributed by atoms with Gasteiger partial charge in [-0.15, -0.1) is 11.6 Å². The molecular weight excluding hydrogens is 350 g/mol. The van der Waals surface area contributed by atoms with Gasteiger partial charge in [0.1, 0.15) is 5.88 Å². The van der Waals surface area contributed by atoms with Gasteiger partial charge in [0.05, 0.1) is 5.92 Å². The molecule has 0 spiro atoms. The molecule has 1 aromatic rings. The van der Waals surface area contributed by atoms with Gasteiger partial charge in [0.25, 0.3) is 0 Å². The van der Waals surface area contributed by atoms with Crippen molar-refractivity contribution in [3.8, 4) is 0 Å². The third kappa shape index (κ3) is 5.23. The van der Waals surface area contributed by atoms with Crippen LogP contribution in [0.15, 0.2) is 24.3 Å².